The molecule has 0 aromatic rings. The van der Waals surface area contributed by atoms with Crippen molar-refractivity contribution >= 4 is 18.3 Å². The molecule has 0 radical (unpaired) electrons. The first-order valence-electron chi connectivity index (χ1n) is 8.43. The van der Waals surface area contributed by atoms with E-state index < -0.39 is 0 Å². The average Bonchev–Trinajstić information content (AvgIpc) is 2.42. The number of likely N-dealkylation sites (tertiary alicyclic amines) is 1. The molecule has 1 amide bonds. The Hall–Kier alpha value is -0.280. The molecule has 1 saturated carbocycles. The van der Waals surface area contributed by atoms with Gasteiger partial charge in [-0.25, -0.2) is 0 Å². The third kappa shape index (κ3) is 4.85. The van der Waals surface area contributed by atoms with Crippen molar-refractivity contribution in [3.05, 3.63) is 0 Å². The van der Waals surface area contributed by atoms with Crippen molar-refractivity contribution < 1.29 is 4.79 Å². The Balaban J connectivity index is 0.00000220. The molecule has 1 heterocycles. The second kappa shape index (κ2) is 7.82. The van der Waals surface area contributed by atoms with Gasteiger partial charge in [-0.15, -0.1) is 12.4 Å². The Morgan fingerprint density at radius 1 is 1.24 bits per heavy atom. The van der Waals surface area contributed by atoms with Crippen molar-refractivity contribution in [1.29, 1.82) is 0 Å². The lowest BCUT2D eigenvalue weighted by atomic mass is 9.78. The molecule has 2 atom stereocenters. The summed E-state index contributed by atoms with van der Waals surface area (Å²) in [5.41, 5.74) is 6.21. The molecule has 2 aliphatic rings. The molecule has 21 heavy (non-hydrogen) atoms. The van der Waals surface area contributed by atoms with Crippen molar-refractivity contribution in [1.82, 2.24) is 4.90 Å². The van der Waals surface area contributed by atoms with E-state index in [2.05, 4.69) is 25.7 Å². The summed E-state index contributed by atoms with van der Waals surface area (Å²) in [5, 5.41) is 0. The van der Waals surface area contributed by atoms with Crippen LogP contribution in [0.15, 0.2) is 0 Å². The van der Waals surface area contributed by atoms with Gasteiger partial charge in [0.25, 0.3) is 0 Å². The van der Waals surface area contributed by atoms with Gasteiger partial charge in [0.2, 0.25) is 5.91 Å². The molecule has 2 N–H and O–H groups in total. The minimum absolute atomic E-state index is 0. The molecule has 124 valence electrons. The van der Waals surface area contributed by atoms with Crippen LogP contribution in [-0.2, 0) is 4.79 Å². The Morgan fingerprint density at radius 2 is 1.86 bits per heavy atom. The molecular weight excluding hydrogens is 284 g/mol. The number of nitrogens with zero attached hydrogens (tertiary/aromatic N) is 1. The van der Waals surface area contributed by atoms with Gasteiger partial charge in [0.15, 0.2) is 0 Å². The SMILES string of the molecule is CC(CC(=O)N1CCC(N)C(C)(C)C1)C1CCCCC1.Cl. The first-order valence-corrected chi connectivity index (χ1v) is 8.43. The number of nitrogens with two attached hydrogens (primary N) is 1. The molecule has 1 aliphatic heterocycles. The van der Waals surface area contributed by atoms with E-state index in [-0.39, 0.29) is 23.9 Å². The van der Waals surface area contributed by atoms with Crippen molar-refractivity contribution in [2.45, 2.75) is 71.8 Å². The van der Waals surface area contributed by atoms with Gasteiger partial charge >= 0.3 is 0 Å². The van der Waals surface area contributed by atoms with Crippen LogP contribution >= 0.6 is 12.4 Å². The lowest BCUT2D eigenvalue weighted by Crippen LogP contribution is -2.54. The fourth-order valence-corrected chi connectivity index (χ4v) is 3.86. The summed E-state index contributed by atoms with van der Waals surface area (Å²) < 4.78 is 0. The van der Waals surface area contributed by atoms with Gasteiger partial charge in [0.05, 0.1) is 0 Å². The molecule has 4 heteroatoms. The smallest absolute Gasteiger partial charge is 0.222 e. The van der Waals surface area contributed by atoms with Crippen LogP contribution < -0.4 is 5.73 Å². The molecule has 2 fully saturated rings. The Morgan fingerprint density at radius 3 is 2.43 bits per heavy atom. The van der Waals surface area contributed by atoms with E-state index in [1.807, 2.05) is 0 Å². The number of piperidine rings is 1. The number of carbonyl (C=O) groups is 1. The molecule has 0 spiro atoms. The number of halogens is 1. The minimum atomic E-state index is 0. The van der Waals surface area contributed by atoms with E-state index in [9.17, 15) is 4.79 Å². The largest absolute Gasteiger partial charge is 0.342 e. The standard InChI is InChI=1S/C17H32N2O.ClH/c1-13(14-7-5-4-6-8-14)11-16(20)19-10-9-15(18)17(2,3)12-19;/h13-15H,4-12,18H2,1-3H3;1H. The topological polar surface area (TPSA) is 46.3 Å². The Labute approximate surface area is 136 Å². The van der Waals surface area contributed by atoms with Gasteiger partial charge in [-0.05, 0) is 23.7 Å². The van der Waals surface area contributed by atoms with Crippen molar-refractivity contribution in [3.63, 3.8) is 0 Å². The monoisotopic (exact) mass is 316 g/mol. The zero-order valence-electron chi connectivity index (χ0n) is 13.9. The first kappa shape index (κ1) is 18.8. The van der Waals surface area contributed by atoms with Gasteiger partial charge in [0, 0.05) is 25.6 Å². The normalized spacial score (nSPS) is 27.8. The third-order valence-corrected chi connectivity index (χ3v) is 5.62. The van der Waals surface area contributed by atoms with E-state index in [1.165, 1.54) is 32.1 Å². The van der Waals surface area contributed by atoms with E-state index >= 15 is 0 Å². The molecule has 2 unspecified atom stereocenters. The van der Waals surface area contributed by atoms with Gasteiger partial charge in [-0.1, -0.05) is 52.9 Å². The number of amides is 1. The number of hydrogen-bond donors (Lipinski definition) is 1. The summed E-state index contributed by atoms with van der Waals surface area (Å²) >= 11 is 0. The zero-order valence-corrected chi connectivity index (χ0v) is 14.8. The second-order valence-corrected chi connectivity index (χ2v) is 7.78. The van der Waals surface area contributed by atoms with Crippen LogP contribution in [0.5, 0.6) is 0 Å². The highest BCUT2D eigenvalue weighted by Gasteiger charge is 2.35. The fraction of sp³-hybridized carbons (Fsp3) is 0.941. The molecule has 1 saturated heterocycles. The maximum absolute atomic E-state index is 12.5. The van der Waals surface area contributed by atoms with Crippen LogP contribution in [0.4, 0.5) is 0 Å². The molecule has 1 aliphatic carbocycles. The van der Waals surface area contributed by atoms with E-state index in [0.717, 1.165) is 31.8 Å². The number of hydrogen-bond acceptors (Lipinski definition) is 2. The van der Waals surface area contributed by atoms with Crippen molar-refractivity contribution in [3.8, 4) is 0 Å². The highest BCUT2D eigenvalue weighted by molar-refractivity contribution is 5.85. The lowest BCUT2D eigenvalue weighted by molar-refractivity contribution is -0.136. The van der Waals surface area contributed by atoms with Gasteiger partial charge in [-0.3, -0.25) is 4.79 Å². The molecule has 0 aromatic heterocycles. The first-order chi connectivity index (χ1) is 9.40. The maximum Gasteiger partial charge on any atom is 0.222 e. The number of carbonyl (C=O) groups excluding carboxylic acids is 1. The fourth-order valence-electron chi connectivity index (χ4n) is 3.86. The Bertz CT molecular complexity index is 340. The van der Waals surface area contributed by atoms with E-state index in [4.69, 9.17) is 5.73 Å². The Kier molecular flexibility index (Phi) is 6.99. The minimum Gasteiger partial charge on any atom is -0.342 e. The molecule has 0 aromatic carbocycles. The van der Waals surface area contributed by atoms with Crippen LogP contribution in [0.1, 0.15) is 65.7 Å². The summed E-state index contributed by atoms with van der Waals surface area (Å²) in [5.74, 6) is 1.66. The highest BCUT2D eigenvalue weighted by atomic mass is 35.5. The predicted molar refractivity (Wildman–Crippen MR) is 90.6 cm³/mol. The summed E-state index contributed by atoms with van der Waals surface area (Å²) in [4.78, 5) is 14.6. The highest BCUT2D eigenvalue weighted by Crippen LogP contribution is 2.33. The quantitative estimate of drug-likeness (QED) is 0.864. The lowest BCUT2D eigenvalue weighted by Gasteiger charge is -2.43. The van der Waals surface area contributed by atoms with Crippen LogP contribution in [0.3, 0.4) is 0 Å². The summed E-state index contributed by atoms with van der Waals surface area (Å²) in [6, 6.07) is 0.224. The summed E-state index contributed by atoms with van der Waals surface area (Å²) in [6.45, 7) is 8.31. The second-order valence-electron chi connectivity index (χ2n) is 7.78. The summed E-state index contributed by atoms with van der Waals surface area (Å²) in [6.07, 6.45) is 8.42. The number of rotatable bonds is 3. The molecular formula is C17H33ClN2O. The zero-order chi connectivity index (χ0) is 14.8. The van der Waals surface area contributed by atoms with Crippen molar-refractivity contribution in [2.24, 2.45) is 23.0 Å². The van der Waals surface area contributed by atoms with Crippen LogP contribution in [-0.4, -0.2) is 29.9 Å². The van der Waals surface area contributed by atoms with Gasteiger partial charge in [-0.2, -0.15) is 0 Å². The molecule has 0 bridgehead atoms. The van der Waals surface area contributed by atoms with Crippen molar-refractivity contribution in [2.75, 3.05) is 13.1 Å². The van der Waals surface area contributed by atoms with Crippen LogP contribution in [0.25, 0.3) is 0 Å². The van der Waals surface area contributed by atoms with E-state index in [1.54, 1.807) is 0 Å². The predicted octanol–water partition coefficient (Wildman–Crippen LogP) is 3.60. The molecule has 2 rings (SSSR count). The van der Waals surface area contributed by atoms with E-state index in [0.29, 0.717) is 11.8 Å². The third-order valence-electron chi connectivity index (χ3n) is 5.62. The van der Waals surface area contributed by atoms with Gasteiger partial charge < -0.3 is 10.6 Å². The summed E-state index contributed by atoms with van der Waals surface area (Å²) in [7, 11) is 0. The molecule has 3 nitrogen and oxygen atoms in total. The van der Waals surface area contributed by atoms with Crippen LogP contribution in [0.2, 0.25) is 0 Å². The van der Waals surface area contributed by atoms with Crippen LogP contribution in [0, 0.1) is 17.3 Å². The average molecular weight is 317 g/mol. The van der Waals surface area contributed by atoms with Gasteiger partial charge in [0.1, 0.15) is 0 Å². The maximum atomic E-state index is 12.5.